The molecular weight excluding hydrogens is 250 g/mol. The summed E-state index contributed by atoms with van der Waals surface area (Å²) in [6.07, 6.45) is 4.17. The fourth-order valence-electron chi connectivity index (χ4n) is 2.58. The monoisotopic (exact) mass is 265 g/mol. The molecule has 1 aliphatic rings. The van der Waals surface area contributed by atoms with Crippen LogP contribution in [-0.4, -0.2) is 17.7 Å². The number of nitriles is 1. The average Bonchev–Trinajstić information content (AvgIpc) is 3.02. The summed E-state index contributed by atoms with van der Waals surface area (Å²) in [5.74, 6) is 0. The minimum Gasteiger partial charge on any atom is -0.372 e. The normalized spacial score (nSPS) is 14.2. The maximum atomic E-state index is 12.1. The van der Waals surface area contributed by atoms with Gasteiger partial charge in [-0.3, -0.25) is 9.36 Å². The van der Waals surface area contributed by atoms with E-state index in [0.717, 1.165) is 18.8 Å². The lowest BCUT2D eigenvalue weighted by atomic mass is 10.2. The second-order valence-electron chi connectivity index (χ2n) is 4.92. The van der Waals surface area contributed by atoms with Gasteiger partial charge in [-0.1, -0.05) is 0 Å². The minimum absolute atomic E-state index is 0.163. The molecule has 4 heteroatoms. The first-order valence-corrected chi connectivity index (χ1v) is 6.77. The van der Waals surface area contributed by atoms with Crippen LogP contribution < -0.4 is 10.5 Å². The summed E-state index contributed by atoms with van der Waals surface area (Å²) in [6.45, 7) is 2.20. The molecular formula is C16H15N3O. The Hall–Kier alpha value is -2.54. The third-order valence-electron chi connectivity index (χ3n) is 3.67. The molecule has 1 fully saturated rings. The van der Waals surface area contributed by atoms with Gasteiger partial charge in [-0.25, -0.2) is 0 Å². The van der Waals surface area contributed by atoms with Gasteiger partial charge in [0.25, 0.3) is 5.56 Å². The van der Waals surface area contributed by atoms with E-state index >= 15 is 0 Å². The number of aromatic nitrogens is 1. The van der Waals surface area contributed by atoms with Gasteiger partial charge in [-0.2, -0.15) is 5.26 Å². The topological polar surface area (TPSA) is 49.0 Å². The van der Waals surface area contributed by atoms with Crippen LogP contribution in [0.15, 0.2) is 47.4 Å². The summed E-state index contributed by atoms with van der Waals surface area (Å²) < 4.78 is 1.51. The summed E-state index contributed by atoms with van der Waals surface area (Å²) in [6, 6.07) is 13.1. The molecule has 1 aliphatic heterocycles. The van der Waals surface area contributed by atoms with Gasteiger partial charge in [0.15, 0.2) is 0 Å². The van der Waals surface area contributed by atoms with Gasteiger partial charge >= 0.3 is 0 Å². The fraction of sp³-hybridized carbons (Fsp3) is 0.250. The number of rotatable bonds is 2. The molecule has 0 atom stereocenters. The smallest absolute Gasteiger partial charge is 0.272 e. The SMILES string of the molecule is N#Cc1cccn(-c2ccc(N3CCCC3)cc2)c1=O. The van der Waals surface area contributed by atoms with E-state index in [1.165, 1.54) is 29.2 Å². The lowest BCUT2D eigenvalue weighted by Crippen LogP contribution is -2.20. The Morgan fingerprint density at radius 3 is 2.30 bits per heavy atom. The molecule has 2 heterocycles. The van der Waals surface area contributed by atoms with Crippen LogP contribution in [0.3, 0.4) is 0 Å². The number of hydrogen-bond donors (Lipinski definition) is 0. The number of anilines is 1. The number of nitrogens with zero attached hydrogens (tertiary/aromatic N) is 3. The highest BCUT2D eigenvalue weighted by Crippen LogP contribution is 2.21. The molecule has 4 nitrogen and oxygen atoms in total. The molecule has 0 N–H and O–H groups in total. The number of benzene rings is 1. The van der Waals surface area contributed by atoms with E-state index in [-0.39, 0.29) is 11.1 Å². The van der Waals surface area contributed by atoms with Crippen molar-refractivity contribution in [2.75, 3.05) is 18.0 Å². The zero-order valence-corrected chi connectivity index (χ0v) is 11.1. The molecule has 2 aromatic rings. The second-order valence-corrected chi connectivity index (χ2v) is 4.92. The Labute approximate surface area is 117 Å². The molecule has 1 aromatic heterocycles. The maximum Gasteiger partial charge on any atom is 0.272 e. The molecule has 0 saturated carbocycles. The molecule has 0 unspecified atom stereocenters. The molecule has 100 valence electrons. The standard InChI is InChI=1S/C16H15N3O/c17-12-13-4-3-11-19(16(13)20)15-7-5-14(6-8-15)18-9-1-2-10-18/h3-8,11H,1-2,9-10H2. The molecule has 0 bridgehead atoms. The average molecular weight is 265 g/mol. The Kier molecular flexibility index (Phi) is 3.26. The van der Waals surface area contributed by atoms with Crippen molar-refractivity contribution in [1.82, 2.24) is 4.57 Å². The van der Waals surface area contributed by atoms with Crippen molar-refractivity contribution >= 4 is 5.69 Å². The van der Waals surface area contributed by atoms with Gasteiger partial charge < -0.3 is 4.90 Å². The summed E-state index contributed by atoms with van der Waals surface area (Å²) in [5.41, 5.74) is 1.87. The zero-order valence-electron chi connectivity index (χ0n) is 11.1. The lowest BCUT2D eigenvalue weighted by molar-refractivity contribution is 0.949. The van der Waals surface area contributed by atoms with Gasteiger partial charge in [-0.05, 0) is 49.2 Å². The Morgan fingerprint density at radius 2 is 1.65 bits per heavy atom. The van der Waals surface area contributed by atoms with Crippen molar-refractivity contribution in [3.05, 3.63) is 58.5 Å². The van der Waals surface area contributed by atoms with Gasteiger partial charge in [0.1, 0.15) is 11.6 Å². The Bertz CT molecular complexity index is 704. The molecule has 20 heavy (non-hydrogen) atoms. The van der Waals surface area contributed by atoms with E-state index in [4.69, 9.17) is 5.26 Å². The van der Waals surface area contributed by atoms with E-state index in [0.29, 0.717) is 0 Å². The van der Waals surface area contributed by atoms with Crippen molar-refractivity contribution in [3.63, 3.8) is 0 Å². The third kappa shape index (κ3) is 2.19. The van der Waals surface area contributed by atoms with Crippen molar-refractivity contribution < 1.29 is 0 Å². The summed E-state index contributed by atoms with van der Waals surface area (Å²) >= 11 is 0. The van der Waals surface area contributed by atoms with Crippen LogP contribution >= 0.6 is 0 Å². The van der Waals surface area contributed by atoms with E-state index in [2.05, 4.69) is 4.90 Å². The van der Waals surface area contributed by atoms with Crippen LogP contribution in [0, 0.1) is 11.3 Å². The molecule has 0 aliphatic carbocycles. The highest BCUT2D eigenvalue weighted by molar-refractivity contribution is 5.51. The molecule has 0 spiro atoms. The largest absolute Gasteiger partial charge is 0.372 e. The van der Waals surface area contributed by atoms with Crippen LogP contribution in [0.5, 0.6) is 0 Å². The van der Waals surface area contributed by atoms with Crippen LogP contribution in [0.1, 0.15) is 18.4 Å². The van der Waals surface area contributed by atoms with E-state index in [1.54, 1.807) is 12.3 Å². The third-order valence-corrected chi connectivity index (χ3v) is 3.67. The highest BCUT2D eigenvalue weighted by atomic mass is 16.1. The van der Waals surface area contributed by atoms with Gasteiger partial charge in [0.2, 0.25) is 0 Å². The minimum atomic E-state index is -0.274. The second kappa shape index (κ2) is 5.22. The van der Waals surface area contributed by atoms with E-state index in [9.17, 15) is 4.79 Å². The molecule has 0 radical (unpaired) electrons. The predicted octanol–water partition coefficient (Wildman–Crippen LogP) is 2.31. The molecule has 0 amide bonds. The van der Waals surface area contributed by atoms with Crippen molar-refractivity contribution in [3.8, 4) is 11.8 Å². The van der Waals surface area contributed by atoms with Gasteiger partial charge in [0.05, 0.1) is 0 Å². The van der Waals surface area contributed by atoms with E-state index < -0.39 is 0 Å². The Morgan fingerprint density at radius 1 is 1.00 bits per heavy atom. The zero-order chi connectivity index (χ0) is 13.9. The highest BCUT2D eigenvalue weighted by Gasteiger charge is 2.12. The summed E-state index contributed by atoms with van der Waals surface area (Å²) in [7, 11) is 0. The quantitative estimate of drug-likeness (QED) is 0.837. The molecule has 3 rings (SSSR count). The van der Waals surface area contributed by atoms with Crippen LogP contribution in [0.4, 0.5) is 5.69 Å². The van der Waals surface area contributed by atoms with Crippen molar-refractivity contribution in [2.45, 2.75) is 12.8 Å². The molecule has 1 aromatic carbocycles. The maximum absolute atomic E-state index is 12.1. The first kappa shape index (κ1) is 12.5. The van der Waals surface area contributed by atoms with Crippen LogP contribution in [0.25, 0.3) is 5.69 Å². The van der Waals surface area contributed by atoms with Crippen LogP contribution in [-0.2, 0) is 0 Å². The Balaban J connectivity index is 1.96. The van der Waals surface area contributed by atoms with Crippen molar-refractivity contribution in [2.24, 2.45) is 0 Å². The van der Waals surface area contributed by atoms with Crippen molar-refractivity contribution in [1.29, 1.82) is 5.26 Å². The summed E-state index contributed by atoms with van der Waals surface area (Å²) in [4.78, 5) is 14.4. The first-order chi connectivity index (χ1) is 9.79. The first-order valence-electron chi connectivity index (χ1n) is 6.77. The fourth-order valence-corrected chi connectivity index (χ4v) is 2.58. The number of hydrogen-bond acceptors (Lipinski definition) is 3. The van der Waals surface area contributed by atoms with E-state index in [1.807, 2.05) is 30.3 Å². The molecule has 1 saturated heterocycles. The van der Waals surface area contributed by atoms with Gasteiger partial charge in [0, 0.05) is 30.7 Å². The van der Waals surface area contributed by atoms with Crippen LogP contribution in [0.2, 0.25) is 0 Å². The predicted molar refractivity (Wildman–Crippen MR) is 78.2 cm³/mol. The lowest BCUT2D eigenvalue weighted by Gasteiger charge is -2.18. The summed E-state index contributed by atoms with van der Waals surface area (Å²) in [5, 5.41) is 8.91. The number of pyridine rings is 1. The van der Waals surface area contributed by atoms with Gasteiger partial charge in [-0.15, -0.1) is 0 Å².